The van der Waals surface area contributed by atoms with E-state index in [0.717, 1.165) is 3.70 Å². The molecule has 0 saturated heterocycles. The zero-order chi connectivity index (χ0) is 14.0. The van der Waals surface area contributed by atoms with Gasteiger partial charge in [0.05, 0.1) is 10.2 Å². The molecule has 0 radical (unpaired) electrons. The highest BCUT2D eigenvalue weighted by Gasteiger charge is 2.33. The molecule has 18 heavy (non-hydrogen) atoms. The first-order chi connectivity index (χ1) is 8.15. The lowest BCUT2D eigenvalue weighted by Crippen LogP contribution is -2.35. The number of aromatic nitrogens is 1. The van der Waals surface area contributed by atoms with Crippen LogP contribution in [0.4, 0.5) is 0 Å². The predicted molar refractivity (Wildman–Crippen MR) is 88.4 cm³/mol. The first kappa shape index (κ1) is 15.5. The summed E-state index contributed by atoms with van der Waals surface area (Å²) in [5.74, 6) is 3.20. The molecule has 0 aliphatic carbocycles. The maximum Gasteiger partial charge on any atom is 0.252 e. The van der Waals surface area contributed by atoms with Crippen molar-refractivity contribution in [3.8, 4) is 11.5 Å². The molecule has 0 aromatic carbocycles. The molecule has 1 heterocycles. The molecule has 1 aromatic heterocycles. The molecule has 0 atom stereocenters. The van der Waals surface area contributed by atoms with Gasteiger partial charge in [0.25, 0.3) is 5.56 Å². The zero-order valence-corrected chi connectivity index (χ0v) is 14.8. The third-order valence-corrected chi connectivity index (χ3v) is 9.00. The zero-order valence-electron chi connectivity index (χ0n) is 11.7. The normalized spacial score (nSPS) is 11.9. The fourth-order valence-corrected chi connectivity index (χ4v) is 2.69. The molecule has 4 heteroatoms. The number of nitrogens with zero attached hydrogens (tertiary/aromatic N) is 1. The van der Waals surface area contributed by atoms with E-state index in [1.54, 1.807) is 16.7 Å². The molecular formula is C14H20INOSi. The van der Waals surface area contributed by atoms with Crippen LogP contribution in [-0.2, 0) is 6.54 Å². The van der Waals surface area contributed by atoms with Gasteiger partial charge in [-0.2, -0.15) is 0 Å². The summed E-state index contributed by atoms with van der Waals surface area (Å²) < 4.78 is 2.64. The summed E-state index contributed by atoms with van der Waals surface area (Å²) >= 11 is 2.17. The summed E-state index contributed by atoms with van der Waals surface area (Å²) in [6.45, 7) is 11.8. The van der Waals surface area contributed by atoms with Gasteiger partial charge in [0.15, 0.2) is 0 Å². The Morgan fingerprint density at radius 2 is 1.94 bits per heavy atom. The molecular weight excluding hydrogens is 353 g/mol. The van der Waals surface area contributed by atoms with Crippen molar-refractivity contribution in [1.82, 2.24) is 4.57 Å². The van der Waals surface area contributed by atoms with Crippen molar-refractivity contribution in [3.05, 3.63) is 32.3 Å². The highest BCUT2D eigenvalue weighted by Crippen LogP contribution is 2.35. The minimum Gasteiger partial charge on any atom is -0.292 e. The van der Waals surface area contributed by atoms with Crippen LogP contribution in [0.25, 0.3) is 0 Å². The third-order valence-electron chi connectivity index (χ3n) is 3.51. The molecule has 1 rings (SSSR count). The van der Waals surface area contributed by atoms with Crippen LogP contribution in [0.5, 0.6) is 0 Å². The molecule has 1 aromatic rings. The Balaban J connectivity index is 2.94. The summed E-state index contributed by atoms with van der Waals surface area (Å²) in [6, 6.07) is 5.29. The van der Waals surface area contributed by atoms with E-state index >= 15 is 0 Å². The van der Waals surface area contributed by atoms with Crippen LogP contribution in [0.3, 0.4) is 0 Å². The second kappa shape index (κ2) is 5.62. The van der Waals surface area contributed by atoms with Gasteiger partial charge in [-0.3, -0.25) is 9.36 Å². The van der Waals surface area contributed by atoms with Crippen molar-refractivity contribution in [3.63, 3.8) is 0 Å². The van der Waals surface area contributed by atoms with E-state index in [1.165, 1.54) is 0 Å². The van der Waals surface area contributed by atoms with Crippen LogP contribution in [0.1, 0.15) is 20.8 Å². The number of rotatable bonds is 1. The lowest BCUT2D eigenvalue weighted by molar-refractivity contribution is 0.730. The van der Waals surface area contributed by atoms with E-state index in [0.29, 0.717) is 6.54 Å². The van der Waals surface area contributed by atoms with Gasteiger partial charge in [-0.15, -0.1) is 5.54 Å². The SMILES string of the molecule is CC(C)(C)[Si](C)(C)C#CCn1c(I)cccc1=O. The van der Waals surface area contributed by atoms with E-state index < -0.39 is 8.07 Å². The molecule has 0 fully saturated rings. The standard InChI is InChI=1S/C14H20INOSi/c1-14(2,3)18(4,5)11-7-10-16-12(15)8-6-9-13(16)17/h6,8-9H,10H2,1-5H3. The molecule has 0 N–H and O–H groups in total. The average molecular weight is 373 g/mol. The number of pyridine rings is 1. The van der Waals surface area contributed by atoms with E-state index in [2.05, 4.69) is 67.9 Å². The van der Waals surface area contributed by atoms with E-state index in [9.17, 15) is 4.79 Å². The van der Waals surface area contributed by atoms with Crippen LogP contribution in [0.2, 0.25) is 18.1 Å². The molecule has 0 aliphatic heterocycles. The summed E-state index contributed by atoms with van der Waals surface area (Å²) in [5, 5.41) is 0.259. The highest BCUT2D eigenvalue weighted by molar-refractivity contribution is 14.1. The first-order valence-corrected chi connectivity index (χ1v) is 10.1. The van der Waals surface area contributed by atoms with Gasteiger partial charge >= 0.3 is 0 Å². The quantitative estimate of drug-likeness (QED) is 0.320. The summed E-state index contributed by atoms with van der Waals surface area (Å²) in [7, 11) is -1.57. The second-order valence-electron chi connectivity index (χ2n) is 5.95. The molecule has 0 spiro atoms. The minimum absolute atomic E-state index is 0.0198. The Morgan fingerprint density at radius 1 is 1.33 bits per heavy atom. The van der Waals surface area contributed by atoms with Crippen LogP contribution < -0.4 is 5.56 Å². The van der Waals surface area contributed by atoms with Gasteiger partial charge in [0.2, 0.25) is 0 Å². The monoisotopic (exact) mass is 373 g/mol. The Labute approximate surface area is 124 Å². The van der Waals surface area contributed by atoms with Gasteiger partial charge in [-0.25, -0.2) is 0 Å². The van der Waals surface area contributed by atoms with Crippen molar-refractivity contribution in [2.24, 2.45) is 0 Å². The van der Waals surface area contributed by atoms with Crippen molar-refractivity contribution in [2.45, 2.75) is 45.4 Å². The maximum absolute atomic E-state index is 11.7. The van der Waals surface area contributed by atoms with Gasteiger partial charge in [0.1, 0.15) is 8.07 Å². The molecule has 0 saturated carbocycles. The van der Waals surface area contributed by atoms with Gasteiger partial charge in [-0.1, -0.05) is 45.9 Å². The lowest BCUT2D eigenvalue weighted by atomic mass is 10.2. The Morgan fingerprint density at radius 3 is 2.44 bits per heavy atom. The topological polar surface area (TPSA) is 22.0 Å². The van der Waals surface area contributed by atoms with Crippen molar-refractivity contribution in [1.29, 1.82) is 0 Å². The Bertz CT molecular complexity index is 543. The number of halogens is 1. The summed E-state index contributed by atoms with van der Waals surface area (Å²) in [6.07, 6.45) is 0. The molecule has 98 valence electrons. The number of hydrogen-bond acceptors (Lipinski definition) is 1. The van der Waals surface area contributed by atoms with E-state index in [4.69, 9.17) is 0 Å². The predicted octanol–water partition coefficient (Wildman–Crippen LogP) is 3.50. The Hall–Kier alpha value is -0.543. The smallest absolute Gasteiger partial charge is 0.252 e. The fraction of sp³-hybridized carbons (Fsp3) is 0.500. The Kier molecular flexibility index (Phi) is 4.84. The van der Waals surface area contributed by atoms with E-state index in [1.807, 2.05) is 6.07 Å². The third kappa shape index (κ3) is 3.72. The minimum atomic E-state index is -1.57. The van der Waals surface area contributed by atoms with E-state index in [-0.39, 0.29) is 10.6 Å². The summed E-state index contributed by atoms with van der Waals surface area (Å²) in [4.78, 5) is 11.7. The summed E-state index contributed by atoms with van der Waals surface area (Å²) in [5.41, 5.74) is 3.45. The van der Waals surface area contributed by atoms with Gasteiger partial charge < -0.3 is 0 Å². The van der Waals surface area contributed by atoms with Crippen LogP contribution in [0, 0.1) is 15.2 Å². The first-order valence-electron chi connectivity index (χ1n) is 6.00. The molecule has 0 amide bonds. The van der Waals surface area contributed by atoms with Crippen molar-refractivity contribution >= 4 is 30.7 Å². The van der Waals surface area contributed by atoms with Crippen molar-refractivity contribution in [2.75, 3.05) is 0 Å². The molecule has 0 bridgehead atoms. The average Bonchev–Trinajstić information content (AvgIpc) is 2.20. The van der Waals surface area contributed by atoms with Crippen LogP contribution in [-0.4, -0.2) is 12.6 Å². The van der Waals surface area contributed by atoms with Crippen LogP contribution in [0.15, 0.2) is 23.0 Å². The van der Waals surface area contributed by atoms with Gasteiger partial charge in [-0.05, 0) is 33.7 Å². The molecule has 2 nitrogen and oxygen atoms in total. The lowest BCUT2D eigenvalue weighted by Gasteiger charge is -2.31. The molecule has 0 unspecified atom stereocenters. The second-order valence-corrected chi connectivity index (χ2v) is 12.1. The largest absolute Gasteiger partial charge is 0.292 e. The van der Waals surface area contributed by atoms with Gasteiger partial charge in [0, 0.05) is 6.07 Å². The van der Waals surface area contributed by atoms with Crippen LogP contribution >= 0.6 is 22.6 Å². The fourth-order valence-electron chi connectivity index (χ4n) is 1.18. The number of hydrogen-bond donors (Lipinski definition) is 0. The van der Waals surface area contributed by atoms with Crippen molar-refractivity contribution < 1.29 is 0 Å². The maximum atomic E-state index is 11.7. The molecule has 0 aliphatic rings. The highest BCUT2D eigenvalue weighted by atomic mass is 127.